The Morgan fingerprint density at radius 1 is 0.972 bits per heavy atom. The van der Waals surface area contributed by atoms with Gasteiger partial charge in [0.25, 0.3) is 8.32 Å². The van der Waals surface area contributed by atoms with Crippen LogP contribution in [-0.4, -0.2) is 51.4 Å². The summed E-state index contributed by atoms with van der Waals surface area (Å²) in [5.41, 5.74) is -0.534. The van der Waals surface area contributed by atoms with Gasteiger partial charge in [0.05, 0.1) is 31.0 Å². The highest BCUT2D eigenvalue weighted by Gasteiger charge is 2.52. The molecule has 0 saturated carbocycles. The Kier molecular flexibility index (Phi) is 8.22. The Labute approximate surface area is 217 Å². The van der Waals surface area contributed by atoms with E-state index in [9.17, 15) is 4.79 Å². The van der Waals surface area contributed by atoms with Crippen molar-refractivity contribution < 1.29 is 23.4 Å². The SMILES string of the molecule is CC1(C)OC[C@@H](C[C@]2(CO[Si](c3ccccc3)(c3ccccc3)C(C)(C)C)CCC[C@H](CC=O)O2)O1. The van der Waals surface area contributed by atoms with Crippen LogP contribution in [0.15, 0.2) is 60.7 Å². The van der Waals surface area contributed by atoms with Gasteiger partial charge in [0, 0.05) is 12.8 Å². The largest absolute Gasteiger partial charge is 0.404 e. The van der Waals surface area contributed by atoms with Gasteiger partial charge in [-0.1, -0.05) is 81.4 Å². The molecule has 0 unspecified atom stereocenters. The molecule has 2 aromatic carbocycles. The van der Waals surface area contributed by atoms with Crippen molar-refractivity contribution in [2.45, 2.75) is 95.4 Å². The lowest BCUT2D eigenvalue weighted by molar-refractivity contribution is -0.179. The molecule has 4 rings (SSSR count). The molecule has 0 radical (unpaired) electrons. The van der Waals surface area contributed by atoms with Crippen LogP contribution in [0.2, 0.25) is 5.04 Å². The first-order valence-electron chi connectivity index (χ1n) is 13.3. The fourth-order valence-corrected chi connectivity index (χ4v) is 10.6. The van der Waals surface area contributed by atoms with Crippen molar-refractivity contribution in [3.05, 3.63) is 60.7 Å². The quantitative estimate of drug-likeness (QED) is 0.351. The van der Waals surface area contributed by atoms with E-state index in [0.717, 1.165) is 25.5 Å². The summed E-state index contributed by atoms with van der Waals surface area (Å²) in [6, 6.07) is 21.4. The second-order valence-corrected chi connectivity index (χ2v) is 16.1. The lowest BCUT2D eigenvalue weighted by atomic mass is 9.86. The topological polar surface area (TPSA) is 54.0 Å². The van der Waals surface area contributed by atoms with Crippen LogP contribution < -0.4 is 10.4 Å². The summed E-state index contributed by atoms with van der Waals surface area (Å²) in [6.07, 6.45) is 4.68. The zero-order valence-corrected chi connectivity index (χ0v) is 23.5. The third-order valence-electron chi connectivity index (χ3n) is 7.57. The van der Waals surface area contributed by atoms with Crippen molar-refractivity contribution in [3.8, 4) is 0 Å². The second kappa shape index (κ2) is 10.9. The molecule has 0 bridgehead atoms. The minimum Gasteiger partial charge on any atom is -0.404 e. The van der Waals surface area contributed by atoms with Gasteiger partial charge in [-0.25, -0.2) is 0 Å². The summed E-state index contributed by atoms with van der Waals surface area (Å²) in [7, 11) is -2.73. The van der Waals surface area contributed by atoms with Gasteiger partial charge in [0.1, 0.15) is 6.29 Å². The summed E-state index contributed by atoms with van der Waals surface area (Å²) in [5.74, 6) is -0.596. The molecule has 2 saturated heterocycles. The van der Waals surface area contributed by atoms with Gasteiger partial charge in [-0.05, 0) is 48.5 Å². The zero-order chi connectivity index (χ0) is 25.9. The molecule has 36 heavy (non-hydrogen) atoms. The maximum absolute atomic E-state index is 11.4. The number of hydrogen-bond acceptors (Lipinski definition) is 5. The molecule has 2 fully saturated rings. The third kappa shape index (κ3) is 5.84. The predicted molar refractivity (Wildman–Crippen MR) is 145 cm³/mol. The normalized spacial score (nSPS) is 26.6. The average Bonchev–Trinajstić information content (AvgIpc) is 3.18. The Balaban J connectivity index is 1.72. The summed E-state index contributed by atoms with van der Waals surface area (Å²) < 4.78 is 26.2. The van der Waals surface area contributed by atoms with Crippen LogP contribution in [0.1, 0.15) is 66.7 Å². The first-order valence-corrected chi connectivity index (χ1v) is 15.2. The van der Waals surface area contributed by atoms with E-state index in [4.69, 9.17) is 18.6 Å². The second-order valence-electron chi connectivity index (χ2n) is 11.8. The van der Waals surface area contributed by atoms with E-state index in [0.29, 0.717) is 26.1 Å². The predicted octanol–water partition coefficient (Wildman–Crippen LogP) is 5.00. The van der Waals surface area contributed by atoms with Crippen molar-refractivity contribution >= 4 is 25.0 Å². The number of rotatable bonds is 9. The molecule has 0 aromatic heterocycles. The van der Waals surface area contributed by atoms with Gasteiger partial charge in [-0.2, -0.15) is 0 Å². The van der Waals surface area contributed by atoms with E-state index in [1.165, 1.54) is 10.4 Å². The van der Waals surface area contributed by atoms with Gasteiger partial charge in [-0.15, -0.1) is 0 Å². The summed E-state index contributed by atoms with van der Waals surface area (Å²) >= 11 is 0. The Hall–Kier alpha value is -1.83. The maximum Gasteiger partial charge on any atom is 0.261 e. The van der Waals surface area contributed by atoms with Gasteiger partial charge in [-0.3, -0.25) is 0 Å². The number of aldehydes is 1. The fraction of sp³-hybridized carbons (Fsp3) is 0.567. The number of carbonyl (C=O) groups is 1. The first-order chi connectivity index (χ1) is 17.1. The van der Waals surface area contributed by atoms with Crippen LogP contribution in [0, 0.1) is 0 Å². The number of benzene rings is 2. The molecule has 2 aliphatic rings. The standard InChI is InChI=1S/C30H42O5Si/c1-28(2,3)36(26-14-8-6-9-15-26,27-16-10-7-11-17-27)33-23-30(19-12-13-24(35-30)18-20-31)21-25-22-32-29(4,5)34-25/h6-11,14-17,20,24-25H,12-13,18-19,21-23H2,1-5H3/t24-,25-,30+/m1/s1. The van der Waals surface area contributed by atoms with E-state index < -0.39 is 19.7 Å². The van der Waals surface area contributed by atoms with E-state index in [-0.39, 0.29) is 17.2 Å². The molecule has 196 valence electrons. The molecule has 0 aliphatic carbocycles. The highest BCUT2D eigenvalue weighted by atomic mass is 28.4. The van der Waals surface area contributed by atoms with Crippen LogP contribution >= 0.6 is 0 Å². The molecule has 0 N–H and O–H groups in total. The molecular weight excluding hydrogens is 468 g/mol. The van der Waals surface area contributed by atoms with Crippen LogP contribution in [0.4, 0.5) is 0 Å². The lowest BCUT2D eigenvalue weighted by Crippen LogP contribution is -2.68. The number of hydrogen-bond donors (Lipinski definition) is 0. The van der Waals surface area contributed by atoms with Gasteiger partial charge in [0.2, 0.25) is 0 Å². The molecule has 2 aliphatic heterocycles. The van der Waals surface area contributed by atoms with Crippen LogP contribution in [0.3, 0.4) is 0 Å². The molecule has 2 heterocycles. The summed E-state index contributed by atoms with van der Waals surface area (Å²) in [6.45, 7) is 11.8. The number of carbonyl (C=O) groups excluding carboxylic acids is 1. The Morgan fingerprint density at radius 2 is 1.58 bits per heavy atom. The van der Waals surface area contributed by atoms with Gasteiger partial charge < -0.3 is 23.4 Å². The first kappa shape index (κ1) is 27.2. The van der Waals surface area contributed by atoms with Gasteiger partial charge >= 0.3 is 0 Å². The summed E-state index contributed by atoms with van der Waals surface area (Å²) in [4.78, 5) is 11.4. The van der Waals surface area contributed by atoms with Crippen molar-refractivity contribution in [1.82, 2.24) is 0 Å². The van der Waals surface area contributed by atoms with Crippen LogP contribution in [0.25, 0.3) is 0 Å². The molecule has 3 atom stereocenters. The zero-order valence-electron chi connectivity index (χ0n) is 22.5. The average molecular weight is 511 g/mol. The van der Waals surface area contributed by atoms with Crippen molar-refractivity contribution in [3.63, 3.8) is 0 Å². The van der Waals surface area contributed by atoms with E-state index in [1.54, 1.807) is 0 Å². The molecular formula is C30H42O5Si. The van der Waals surface area contributed by atoms with Crippen molar-refractivity contribution in [1.29, 1.82) is 0 Å². The molecule has 2 aromatic rings. The van der Waals surface area contributed by atoms with E-state index >= 15 is 0 Å². The van der Waals surface area contributed by atoms with E-state index in [1.807, 2.05) is 13.8 Å². The highest BCUT2D eigenvalue weighted by Crippen LogP contribution is 2.41. The molecule has 5 nitrogen and oxygen atoms in total. The molecule has 0 amide bonds. The maximum atomic E-state index is 11.4. The van der Waals surface area contributed by atoms with Crippen LogP contribution in [-0.2, 0) is 23.4 Å². The van der Waals surface area contributed by atoms with Crippen molar-refractivity contribution in [2.75, 3.05) is 13.2 Å². The third-order valence-corrected chi connectivity index (χ3v) is 12.6. The lowest BCUT2D eigenvalue weighted by Gasteiger charge is -2.48. The number of ether oxygens (including phenoxy) is 3. The van der Waals surface area contributed by atoms with Crippen LogP contribution in [0.5, 0.6) is 0 Å². The highest BCUT2D eigenvalue weighted by molar-refractivity contribution is 6.99. The Bertz CT molecular complexity index is 948. The fourth-order valence-electron chi connectivity index (χ4n) is 5.99. The Morgan fingerprint density at radius 3 is 2.08 bits per heavy atom. The van der Waals surface area contributed by atoms with Crippen molar-refractivity contribution in [2.24, 2.45) is 0 Å². The van der Waals surface area contributed by atoms with E-state index in [2.05, 4.69) is 81.4 Å². The minimum absolute atomic E-state index is 0.0715. The van der Waals surface area contributed by atoms with Gasteiger partial charge in [0.15, 0.2) is 5.79 Å². The monoisotopic (exact) mass is 510 g/mol. The summed E-state index contributed by atoms with van der Waals surface area (Å²) in [5, 5.41) is 2.38. The molecule has 0 spiro atoms. The molecule has 6 heteroatoms. The smallest absolute Gasteiger partial charge is 0.261 e. The minimum atomic E-state index is -2.73.